The molecule has 1 heteroatoms. The number of hydrogen-bond donors (Lipinski definition) is 0. The van der Waals surface area contributed by atoms with Gasteiger partial charge in [0.1, 0.15) is 6.61 Å². The van der Waals surface area contributed by atoms with Gasteiger partial charge in [0.05, 0.1) is 0 Å². The first-order valence-corrected chi connectivity index (χ1v) is 4.80. The molecule has 1 nitrogen and oxygen atoms in total. The molecule has 0 saturated heterocycles. The van der Waals surface area contributed by atoms with Crippen molar-refractivity contribution in [1.82, 2.24) is 0 Å². The monoisotopic (exact) mass is 185 g/mol. The van der Waals surface area contributed by atoms with E-state index in [0.717, 1.165) is 16.5 Å². The highest BCUT2D eigenvalue weighted by molar-refractivity contribution is 5.89. The Balaban J connectivity index is 2.90. The Bertz CT molecular complexity index is 472. The van der Waals surface area contributed by atoms with Gasteiger partial charge in [0, 0.05) is 0 Å². The van der Waals surface area contributed by atoms with Gasteiger partial charge in [-0.3, -0.25) is 0 Å². The predicted molar refractivity (Wildman–Crippen MR) is 57.8 cm³/mol. The molecule has 0 spiro atoms. The molecular formula is C13H13O. The molecule has 0 aromatic heterocycles. The third-order valence-corrected chi connectivity index (χ3v) is 2.73. The fourth-order valence-electron chi connectivity index (χ4n) is 1.98. The van der Waals surface area contributed by atoms with E-state index in [9.17, 15) is 5.11 Å². The molecule has 14 heavy (non-hydrogen) atoms. The summed E-state index contributed by atoms with van der Waals surface area (Å²) in [6.45, 7) is 3.96. The summed E-state index contributed by atoms with van der Waals surface area (Å²) >= 11 is 0. The second kappa shape index (κ2) is 3.43. The van der Waals surface area contributed by atoms with Gasteiger partial charge < -0.3 is 0 Å². The lowest BCUT2D eigenvalue weighted by Gasteiger charge is -2.09. The van der Waals surface area contributed by atoms with Crippen molar-refractivity contribution >= 4 is 10.8 Å². The Kier molecular flexibility index (Phi) is 2.26. The maximum atomic E-state index is 11.1. The van der Waals surface area contributed by atoms with Crippen LogP contribution in [0, 0.1) is 13.8 Å². The van der Waals surface area contributed by atoms with E-state index < -0.39 is 0 Å². The zero-order chi connectivity index (χ0) is 10.1. The van der Waals surface area contributed by atoms with E-state index in [4.69, 9.17) is 0 Å². The van der Waals surface area contributed by atoms with Gasteiger partial charge in [-0.15, -0.1) is 0 Å². The lowest BCUT2D eigenvalue weighted by molar-refractivity contribution is 0.178. The minimum atomic E-state index is -0.132. The molecule has 0 aliphatic heterocycles. The maximum absolute atomic E-state index is 11.1. The highest BCUT2D eigenvalue weighted by Crippen LogP contribution is 2.25. The smallest absolute Gasteiger partial charge is 0.108 e. The van der Waals surface area contributed by atoms with E-state index >= 15 is 0 Å². The van der Waals surface area contributed by atoms with Crippen LogP contribution < -0.4 is 0 Å². The third kappa shape index (κ3) is 1.30. The standard InChI is InChI=1S/C13H13O/c1-9-7-10(2)13(8-14)12-6-4-3-5-11(9)12/h3-7H,8H2,1-2H3. The SMILES string of the molecule is Cc1cc(C)c2ccccc2c1C[O]. The molecule has 0 bridgehead atoms. The van der Waals surface area contributed by atoms with Gasteiger partial charge >= 0.3 is 0 Å². The van der Waals surface area contributed by atoms with E-state index in [2.05, 4.69) is 19.1 Å². The summed E-state index contributed by atoms with van der Waals surface area (Å²) in [4.78, 5) is 0. The summed E-state index contributed by atoms with van der Waals surface area (Å²) in [5.74, 6) is 0. The number of rotatable bonds is 1. The molecule has 0 N–H and O–H groups in total. The number of hydrogen-bond acceptors (Lipinski definition) is 0. The predicted octanol–water partition coefficient (Wildman–Crippen LogP) is 3.39. The molecule has 0 saturated carbocycles. The molecule has 0 atom stereocenters. The molecular weight excluding hydrogens is 172 g/mol. The number of fused-ring (bicyclic) bond motifs is 1. The average Bonchev–Trinajstić information content (AvgIpc) is 2.18. The maximum Gasteiger partial charge on any atom is 0.108 e. The van der Waals surface area contributed by atoms with Crippen molar-refractivity contribution < 1.29 is 5.11 Å². The Hall–Kier alpha value is -1.34. The van der Waals surface area contributed by atoms with E-state index in [-0.39, 0.29) is 6.61 Å². The van der Waals surface area contributed by atoms with Crippen LogP contribution >= 0.6 is 0 Å². The quantitative estimate of drug-likeness (QED) is 0.649. The summed E-state index contributed by atoms with van der Waals surface area (Å²) in [6, 6.07) is 10.2. The van der Waals surface area contributed by atoms with E-state index in [1.54, 1.807) is 0 Å². The van der Waals surface area contributed by atoms with Gasteiger partial charge in [-0.05, 0) is 41.3 Å². The van der Waals surface area contributed by atoms with E-state index in [0.29, 0.717) is 0 Å². The molecule has 2 aromatic rings. The second-order valence-corrected chi connectivity index (χ2v) is 3.68. The highest BCUT2D eigenvalue weighted by atomic mass is 16.3. The van der Waals surface area contributed by atoms with Crippen molar-refractivity contribution in [2.75, 3.05) is 0 Å². The lowest BCUT2D eigenvalue weighted by atomic mass is 9.96. The molecule has 1 radical (unpaired) electrons. The van der Waals surface area contributed by atoms with Crippen LogP contribution in [0.1, 0.15) is 16.7 Å². The molecule has 2 aromatic carbocycles. The topological polar surface area (TPSA) is 19.9 Å². The van der Waals surface area contributed by atoms with Crippen molar-refractivity contribution in [3.05, 3.63) is 47.0 Å². The lowest BCUT2D eigenvalue weighted by Crippen LogP contribution is -1.92. The van der Waals surface area contributed by atoms with Gasteiger partial charge in [-0.1, -0.05) is 30.3 Å². The van der Waals surface area contributed by atoms with Crippen LogP contribution in [0.5, 0.6) is 0 Å². The first kappa shape index (κ1) is 9.22. The van der Waals surface area contributed by atoms with Crippen LogP contribution in [-0.4, -0.2) is 0 Å². The third-order valence-electron chi connectivity index (χ3n) is 2.73. The first-order chi connectivity index (χ1) is 6.74. The van der Waals surface area contributed by atoms with Crippen molar-refractivity contribution in [3.8, 4) is 0 Å². The summed E-state index contributed by atoms with van der Waals surface area (Å²) in [6.07, 6.45) is 0. The molecule has 2 rings (SSSR count). The van der Waals surface area contributed by atoms with Gasteiger partial charge in [0.25, 0.3) is 0 Å². The van der Waals surface area contributed by atoms with Gasteiger partial charge in [0.2, 0.25) is 0 Å². The van der Waals surface area contributed by atoms with Crippen LogP contribution in [-0.2, 0) is 11.7 Å². The van der Waals surface area contributed by atoms with Crippen LogP contribution in [0.4, 0.5) is 0 Å². The Morgan fingerprint density at radius 3 is 2.29 bits per heavy atom. The summed E-state index contributed by atoms with van der Waals surface area (Å²) in [5.41, 5.74) is 3.29. The normalized spacial score (nSPS) is 10.8. The zero-order valence-electron chi connectivity index (χ0n) is 8.50. The number of aryl methyl sites for hydroxylation is 2. The van der Waals surface area contributed by atoms with Gasteiger partial charge in [0.15, 0.2) is 0 Å². The largest absolute Gasteiger partial charge is 0.232 e. The summed E-state index contributed by atoms with van der Waals surface area (Å²) < 4.78 is 0. The fourth-order valence-corrected chi connectivity index (χ4v) is 1.98. The van der Waals surface area contributed by atoms with Gasteiger partial charge in [-0.25, -0.2) is 5.11 Å². The van der Waals surface area contributed by atoms with Crippen LogP contribution in [0.15, 0.2) is 30.3 Å². The molecule has 0 unspecified atom stereocenters. The Morgan fingerprint density at radius 1 is 1.00 bits per heavy atom. The van der Waals surface area contributed by atoms with E-state index in [1.807, 2.05) is 25.1 Å². The molecule has 0 heterocycles. The van der Waals surface area contributed by atoms with Crippen molar-refractivity contribution in [2.45, 2.75) is 20.5 Å². The molecule has 0 amide bonds. The minimum Gasteiger partial charge on any atom is -0.232 e. The van der Waals surface area contributed by atoms with Crippen molar-refractivity contribution in [2.24, 2.45) is 0 Å². The zero-order valence-corrected chi connectivity index (χ0v) is 8.50. The van der Waals surface area contributed by atoms with Gasteiger partial charge in [-0.2, -0.15) is 0 Å². The van der Waals surface area contributed by atoms with Crippen molar-refractivity contribution in [1.29, 1.82) is 0 Å². The second-order valence-electron chi connectivity index (χ2n) is 3.68. The molecule has 71 valence electrons. The van der Waals surface area contributed by atoms with E-state index in [1.165, 1.54) is 10.9 Å². The van der Waals surface area contributed by atoms with Crippen LogP contribution in [0.2, 0.25) is 0 Å². The first-order valence-electron chi connectivity index (χ1n) is 4.80. The molecule has 0 aliphatic carbocycles. The average molecular weight is 185 g/mol. The molecule has 0 fully saturated rings. The number of benzene rings is 2. The van der Waals surface area contributed by atoms with Crippen LogP contribution in [0.25, 0.3) is 10.8 Å². The van der Waals surface area contributed by atoms with Crippen LogP contribution in [0.3, 0.4) is 0 Å². The summed E-state index contributed by atoms with van der Waals surface area (Å²) in [5, 5.41) is 13.4. The highest BCUT2D eigenvalue weighted by Gasteiger charge is 2.05. The minimum absolute atomic E-state index is 0.132. The summed E-state index contributed by atoms with van der Waals surface area (Å²) in [7, 11) is 0. The Morgan fingerprint density at radius 2 is 1.64 bits per heavy atom. The molecule has 0 aliphatic rings. The Labute approximate surface area is 84.0 Å². The van der Waals surface area contributed by atoms with Crippen molar-refractivity contribution in [3.63, 3.8) is 0 Å². The fraction of sp³-hybridized carbons (Fsp3) is 0.231.